The SMILES string of the molecule is COC(=O)N(C)CC#Cc1nc(N)c2ncn([C@@H]3O[C@H](C(=O)NC4CC4)[C@H](O)C3O)c2n1. The van der Waals surface area contributed by atoms with Crippen LogP contribution in [0.15, 0.2) is 6.33 Å². The van der Waals surface area contributed by atoms with Crippen LogP contribution in [0.2, 0.25) is 0 Å². The number of nitrogens with two attached hydrogens (primary N) is 1. The highest BCUT2D eigenvalue weighted by Gasteiger charge is 2.48. The van der Waals surface area contributed by atoms with E-state index in [1.807, 2.05) is 0 Å². The van der Waals surface area contributed by atoms with Gasteiger partial charge in [-0.2, -0.15) is 0 Å². The number of hydrogen-bond donors (Lipinski definition) is 4. The minimum atomic E-state index is -1.43. The summed E-state index contributed by atoms with van der Waals surface area (Å²) in [6, 6.07) is 0.0791. The number of aromatic nitrogens is 4. The van der Waals surface area contributed by atoms with Crippen molar-refractivity contribution in [1.29, 1.82) is 0 Å². The number of carbonyl (C=O) groups excluding carboxylic acids is 2. The number of nitrogens with zero attached hydrogens (tertiary/aromatic N) is 5. The number of ether oxygens (including phenoxy) is 2. The second-order valence-electron chi connectivity index (χ2n) is 7.60. The molecule has 4 atom stereocenters. The van der Waals surface area contributed by atoms with Crippen LogP contribution in [0.5, 0.6) is 0 Å². The minimum absolute atomic E-state index is 0.0513. The number of imidazole rings is 1. The molecule has 32 heavy (non-hydrogen) atoms. The molecule has 1 aliphatic carbocycles. The standard InChI is InChI=1S/C19H23N7O6/c1-25(19(30)31-2)7-3-4-10-23-15(20)11-16(24-10)26(8-21-11)18-13(28)12(27)14(32-18)17(29)22-9-5-6-9/h8-9,12-14,18,27-28H,5-7H2,1-2H3,(H,22,29)(H2,20,23,24)/t12-,13?,14+,18-/m1/s1. The summed E-state index contributed by atoms with van der Waals surface area (Å²) in [6.45, 7) is 0.0711. The fourth-order valence-electron chi connectivity index (χ4n) is 3.26. The van der Waals surface area contributed by atoms with Crippen molar-refractivity contribution in [2.45, 2.75) is 43.4 Å². The molecule has 0 spiro atoms. The highest BCUT2D eigenvalue weighted by atomic mass is 16.6. The maximum atomic E-state index is 12.3. The minimum Gasteiger partial charge on any atom is -0.453 e. The van der Waals surface area contributed by atoms with Crippen LogP contribution in [-0.4, -0.2) is 91.7 Å². The predicted octanol–water partition coefficient (Wildman–Crippen LogP) is -1.64. The Balaban J connectivity index is 1.58. The van der Waals surface area contributed by atoms with Gasteiger partial charge in [0.25, 0.3) is 5.91 Å². The molecule has 2 fully saturated rings. The molecule has 2 amide bonds. The van der Waals surface area contributed by atoms with Crippen LogP contribution >= 0.6 is 0 Å². The number of carbonyl (C=O) groups is 2. The van der Waals surface area contributed by atoms with Crippen molar-refractivity contribution in [2.24, 2.45) is 0 Å². The predicted molar refractivity (Wildman–Crippen MR) is 109 cm³/mol. The second-order valence-corrected chi connectivity index (χ2v) is 7.60. The van der Waals surface area contributed by atoms with Gasteiger partial charge in [0.1, 0.15) is 17.7 Å². The Hall–Kier alpha value is -3.47. The van der Waals surface area contributed by atoms with Gasteiger partial charge >= 0.3 is 6.09 Å². The van der Waals surface area contributed by atoms with E-state index in [1.54, 1.807) is 0 Å². The van der Waals surface area contributed by atoms with Crippen LogP contribution < -0.4 is 11.1 Å². The van der Waals surface area contributed by atoms with Crippen LogP contribution in [0, 0.1) is 11.8 Å². The Morgan fingerprint density at radius 2 is 2.12 bits per heavy atom. The molecule has 2 aromatic heterocycles. The van der Waals surface area contributed by atoms with E-state index in [1.165, 1.54) is 30.0 Å². The number of methoxy groups -OCH3 is 1. The van der Waals surface area contributed by atoms with E-state index < -0.39 is 36.5 Å². The number of hydrogen-bond acceptors (Lipinski definition) is 10. The fraction of sp³-hybridized carbons (Fsp3) is 0.526. The lowest BCUT2D eigenvalue weighted by atomic mass is 10.1. The molecule has 0 aromatic carbocycles. The number of aliphatic hydroxyl groups excluding tert-OH is 2. The number of rotatable bonds is 4. The van der Waals surface area contributed by atoms with Crippen LogP contribution in [0.3, 0.4) is 0 Å². The third kappa shape index (κ3) is 4.15. The van der Waals surface area contributed by atoms with Crippen molar-refractivity contribution in [1.82, 2.24) is 29.7 Å². The van der Waals surface area contributed by atoms with E-state index in [-0.39, 0.29) is 35.4 Å². The lowest BCUT2D eigenvalue weighted by Gasteiger charge is -2.16. The average Bonchev–Trinajstić information content (AvgIpc) is 3.40. The maximum absolute atomic E-state index is 12.3. The molecular weight excluding hydrogens is 422 g/mol. The zero-order valence-corrected chi connectivity index (χ0v) is 17.4. The number of nitrogen functional groups attached to an aromatic ring is 1. The lowest BCUT2D eigenvalue weighted by molar-refractivity contribution is -0.137. The van der Waals surface area contributed by atoms with Gasteiger partial charge in [0, 0.05) is 13.1 Å². The Bertz CT molecular complexity index is 1100. The van der Waals surface area contributed by atoms with Crippen LogP contribution in [0.1, 0.15) is 24.9 Å². The van der Waals surface area contributed by atoms with E-state index in [2.05, 4.69) is 36.8 Å². The van der Waals surface area contributed by atoms with E-state index in [0.717, 1.165) is 12.8 Å². The quantitative estimate of drug-likeness (QED) is 0.399. The molecule has 2 aromatic rings. The first-order chi connectivity index (χ1) is 15.3. The lowest BCUT2D eigenvalue weighted by Crippen LogP contribution is -2.43. The molecule has 1 aliphatic heterocycles. The molecule has 170 valence electrons. The van der Waals surface area contributed by atoms with E-state index >= 15 is 0 Å². The second kappa shape index (κ2) is 8.58. The molecule has 1 unspecified atom stereocenters. The molecule has 0 bridgehead atoms. The van der Waals surface area contributed by atoms with Gasteiger partial charge in [-0.05, 0) is 18.8 Å². The molecule has 0 radical (unpaired) electrons. The monoisotopic (exact) mass is 445 g/mol. The molecule has 5 N–H and O–H groups in total. The van der Waals surface area contributed by atoms with Crippen LogP contribution in [0.4, 0.5) is 10.6 Å². The highest BCUT2D eigenvalue weighted by molar-refractivity contribution is 5.83. The topological polar surface area (TPSA) is 178 Å². The summed E-state index contributed by atoms with van der Waals surface area (Å²) in [4.78, 5) is 37.6. The normalized spacial score (nSPS) is 24.6. The average molecular weight is 445 g/mol. The Kier molecular flexibility index (Phi) is 5.83. The summed E-state index contributed by atoms with van der Waals surface area (Å²) < 4.78 is 11.6. The molecule has 3 heterocycles. The van der Waals surface area contributed by atoms with Gasteiger partial charge in [0.05, 0.1) is 20.0 Å². The zero-order valence-electron chi connectivity index (χ0n) is 17.4. The first-order valence-corrected chi connectivity index (χ1v) is 9.90. The van der Waals surface area contributed by atoms with Gasteiger partial charge in [0.2, 0.25) is 5.82 Å². The van der Waals surface area contributed by atoms with Crippen molar-refractivity contribution >= 4 is 29.0 Å². The molecule has 1 saturated heterocycles. The van der Waals surface area contributed by atoms with E-state index in [0.29, 0.717) is 0 Å². The van der Waals surface area contributed by atoms with E-state index in [4.69, 9.17) is 10.5 Å². The number of amides is 2. The van der Waals surface area contributed by atoms with Gasteiger partial charge in [-0.1, -0.05) is 5.92 Å². The number of aliphatic hydroxyl groups is 2. The Labute approximate surface area is 182 Å². The largest absolute Gasteiger partial charge is 0.453 e. The zero-order chi connectivity index (χ0) is 23.0. The third-order valence-electron chi connectivity index (χ3n) is 5.15. The van der Waals surface area contributed by atoms with Gasteiger partial charge in [-0.3, -0.25) is 9.36 Å². The highest BCUT2D eigenvalue weighted by Crippen LogP contribution is 2.33. The van der Waals surface area contributed by atoms with Crippen molar-refractivity contribution in [2.75, 3.05) is 26.4 Å². The maximum Gasteiger partial charge on any atom is 0.410 e. The Morgan fingerprint density at radius 3 is 2.81 bits per heavy atom. The van der Waals surface area contributed by atoms with Gasteiger partial charge in [0.15, 0.2) is 23.8 Å². The van der Waals surface area contributed by atoms with Gasteiger partial charge in [-0.25, -0.2) is 19.7 Å². The molecule has 4 rings (SSSR count). The van der Waals surface area contributed by atoms with Gasteiger partial charge < -0.3 is 35.6 Å². The summed E-state index contributed by atoms with van der Waals surface area (Å²) in [5.41, 5.74) is 6.43. The summed E-state index contributed by atoms with van der Waals surface area (Å²) in [5, 5.41) is 23.6. The van der Waals surface area contributed by atoms with E-state index in [9.17, 15) is 19.8 Å². The van der Waals surface area contributed by atoms with Crippen molar-refractivity contribution < 1.29 is 29.3 Å². The third-order valence-corrected chi connectivity index (χ3v) is 5.15. The molecule has 13 nitrogen and oxygen atoms in total. The van der Waals surface area contributed by atoms with Crippen molar-refractivity contribution in [3.05, 3.63) is 12.2 Å². The molecular formula is C19H23N7O6. The van der Waals surface area contributed by atoms with Crippen molar-refractivity contribution in [3.63, 3.8) is 0 Å². The molecule has 2 aliphatic rings. The van der Waals surface area contributed by atoms with Crippen molar-refractivity contribution in [3.8, 4) is 11.8 Å². The van der Waals surface area contributed by atoms with Gasteiger partial charge in [-0.15, -0.1) is 0 Å². The first kappa shape index (κ1) is 21.8. The number of anilines is 1. The summed E-state index contributed by atoms with van der Waals surface area (Å²) >= 11 is 0. The smallest absolute Gasteiger partial charge is 0.410 e. The Morgan fingerprint density at radius 1 is 1.38 bits per heavy atom. The summed E-state index contributed by atoms with van der Waals surface area (Å²) in [6.07, 6.45) is -2.64. The summed E-state index contributed by atoms with van der Waals surface area (Å²) in [5.74, 6) is 5.08. The fourth-order valence-corrected chi connectivity index (χ4v) is 3.26. The van der Waals surface area contributed by atoms with Crippen LogP contribution in [-0.2, 0) is 14.3 Å². The van der Waals surface area contributed by atoms with Crippen LogP contribution in [0.25, 0.3) is 11.2 Å². The summed E-state index contributed by atoms with van der Waals surface area (Å²) in [7, 11) is 2.79. The molecule has 1 saturated carbocycles. The number of fused-ring (bicyclic) bond motifs is 1. The number of nitrogens with one attached hydrogen (secondary N) is 1. The molecule has 13 heteroatoms. The first-order valence-electron chi connectivity index (χ1n) is 9.90.